The second-order valence-corrected chi connectivity index (χ2v) is 7.31. The first-order valence-corrected chi connectivity index (χ1v) is 10.1. The molecular weight excluding hydrogens is 354 g/mol. The minimum atomic E-state index is 0.0261. The van der Waals surface area contributed by atoms with Crippen LogP contribution in [0, 0.1) is 5.92 Å². The first kappa shape index (κ1) is 18.5. The summed E-state index contributed by atoms with van der Waals surface area (Å²) in [4.78, 5) is 16.9. The zero-order valence-electron chi connectivity index (χ0n) is 16.3. The van der Waals surface area contributed by atoms with Crippen LogP contribution in [0.15, 0.2) is 42.5 Å². The van der Waals surface area contributed by atoms with Crippen LogP contribution in [0.3, 0.4) is 0 Å². The van der Waals surface area contributed by atoms with Crippen molar-refractivity contribution in [1.82, 2.24) is 20.4 Å². The Morgan fingerprint density at radius 3 is 2.46 bits per heavy atom. The van der Waals surface area contributed by atoms with Crippen LogP contribution in [0.5, 0.6) is 5.88 Å². The number of anilines is 1. The Labute approximate surface area is 165 Å². The molecule has 1 aromatic carbocycles. The van der Waals surface area contributed by atoms with Crippen LogP contribution in [-0.2, 0) is 0 Å². The van der Waals surface area contributed by atoms with Gasteiger partial charge < -0.3 is 19.9 Å². The Bertz CT molecular complexity index is 771. The Kier molecular flexibility index (Phi) is 5.60. The third-order valence-corrected chi connectivity index (χ3v) is 5.34. The van der Waals surface area contributed by atoms with Crippen molar-refractivity contribution in [1.29, 1.82) is 0 Å². The Morgan fingerprint density at radius 1 is 1.11 bits per heavy atom. The van der Waals surface area contributed by atoms with E-state index < -0.39 is 0 Å². The number of aromatic nitrogens is 2. The van der Waals surface area contributed by atoms with Crippen molar-refractivity contribution in [2.75, 3.05) is 37.7 Å². The molecule has 1 saturated heterocycles. The van der Waals surface area contributed by atoms with Crippen LogP contribution < -0.4 is 15.0 Å². The molecule has 1 aliphatic heterocycles. The average molecular weight is 381 g/mol. The zero-order valence-corrected chi connectivity index (χ0v) is 16.3. The number of rotatable bonds is 6. The summed E-state index contributed by atoms with van der Waals surface area (Å²) in [7, 11) is 0. The monoisotopic (exact) mass is 381 g/mol. The van der Waals surface area contributed by atoms with Crippen molar-refractivity contribution in [3.63, 3.8) is 0 Å². The fourth-order valence-corrected chi connectivity index (χ4v) is 3.63. The number of hydrogen-bond acceptors (Lipinski definition) is 5. The predicted molar refractivity (Wildman–Crippen MR) is 107 cm³/mol. The number of urea groups is 1. The molecule has 1 aromatic heterocycles. The van der Waals surface area contributed by atoms with Gasteiger partial charge in [0.2, 0.25) is 5.88 Å². The first-order chi connectivity index (χ1) is 13.7. The van der Waals surface area contributed by atoms with Gasteiger partial charge in [0, 0.05) is 32.2 Å². The molecule has 1 aliphatic carbocycles. The van der Waals surface area contributed by atoms with Crippen LogP contribution in [-0.4, -0.2) is 53.9 Å². The van der Waals surface area contributed by atoms with Gasteiger partial charge in [-0.1, -0.05) is 30.3 Å². The van der Waals surface area contributed by atoms with Crippen molar-refractivity contribution < 1.29 is 9.53 Å². The van der Waals surface area contributed by atoms with Gasteiger partial charge in [-0.3, -0.25) is 0 Å². The molecule has 1 saturated carbocycles. The average Bonchev–Trinajstić information content (AvgIpc) is 3.59. The topological polar surface area (TPSA) is 70.6 Å². The second kappa shape index (κ2) is 8.46. The first-order valence-electron chi connectivity index (χ1n) is 10.1. The highest BCUT2D eigenvalue weighted by atomic mass is 16.5. The molecule has 0 bridgehead atoms. The quantitative estimate of drug-likeness (QED) is 0.833. The maximum absolute atomic E-state index is 12.8. The normalized spacial score (nSPS) is 17.9. The molecule has 4 rings (SSSR count). The summed E-state index contributed by atoms with van der Waals surface area (Å²) < 4.78 is 5.34. The fourth-order valence-electron chi connectivity index (χ4n) is 3.63. The highest BCUT2D eigenvalue weighted by molar-refractivity contribution is 5.75. The molecule has 7 heteroatoms. The third kappa shape index (κ3) is 4.35. The highest BCUT2D eigenvalue weighted by Crippen LogP contribution is 2.41. The summed E-state index contributed by atoms with van der Waals surface area (Å²) in [6, 6.07) is 14.2. The third-order valence-electron chi connectivity index (χ3n) is 5.34. The number of nitrogens with one attached hydrogen (secondary N) is 1. The summed E-state index contributed by atoms with van der Waals surface area (Å²) in [5, 5.41) is 11.6. The fraction of sp³-hybridized carbons (Fsp3) is 0.476. The molecular formula is C21H27N5O2. The molecule has 1 N–H and O–H groups in total. The van der Waals surface area contributed by atoms with Crippen molar-refractivity contribution in [3.8, 4) is 5.88 Å². The van der Waals surface area contributed by atoms with Gasteiger partial charge in [0.25, 0.3) is 0 Å². The minimum Gasteiger partial charge on any atom is -0.477 e. The van der Waals surface area contributed by atoms with E-state index in [-0.39, 0.29) is 12.1 Å². The summed E-state index contributed by atoms with van der Waals surface area (Å²) >= 11 is 0. The van der Waals surface area contributed by atoms with Gasteiger partial charge in [-0.2, -0.15) is 0 Å². The van der Waals surface area contributed by atoms with Gasteiger partial charge in [0.1, 0.15) is 0 Å². The lowest BCUT2D eigenvalue weighted by molar-refractivity contribution is 0.188. The smallest absolute Gasteiger partial charge is 0.318 e. The molecule has 2 fully saturated rings. The second-order valence-electron chi connectivity index (χ2n) is 7.31. The molecule has 2 aliphatic rings. The lowest BCUT2D eigenvalue weighted by atomic mass is 10.0. The van der Waals surface area contributed by atoms with Crippen LogP contribution in [0.25, 0.3) is 0 Å². The largest absolute Gasteiger partial charge is 0.477 e. The van der Waals surface area contributed by atoms with Gasteiger partial charge in [0.05, 0.1) is 12.6 Å². The molecule has 1 atom stereocenters. The van der Waals surface area contributed by atoms with Crippen molar-refractivity contribution in [2.45, 2.75) is 25.8 Å². The number of piperazine rings is 1. The van der Waals surface area contributed by atoms with Crippen LogP contribution in [0.2, 0.25) is 0 Å². The lowest BCUT2D eigenvalue weighted by Gasteiger charge is -2.36. The van der Waals surface area contributed by atoms with Crippen molar-refractivity contribution >= 4 is 11.8 Å². The molecule has 2 heterocycles. The standard InChI is InChI=1S/C21H27N5O2/c1-2-28-19-11-10-18(23-24-19)25-12-14-26(15-13-25)21(27)22-20(17-8-9-17)16-6-4-3-5-7-16/h3-7,10-11,17,20H,2,8-9,12-15H2,1H3,(H,22,27). The Morgan fingerprint density at radius 2 is 1.86 bits per heavy atom. The summed E-state index contributed by atoms with van der Waals surface area (Å²) in [5.41, 5.74) is 1.20. The molecule has 2 aromatic rings. The minimum absolute atomic E-state index is 0.0261. The number of hydrogen-bond donors (Lipinski definition) is 1. The maximum Gasteiger partial charge on any atom is 0.318 e. The van der Waals surface area contributed by atoms with E-state index in [1.54, 1.807) is 0 Å². The van der Waals surface area contributed by atoms with Gasteiger partial charge >= 0.3 is 6.03 Å². The van der Waals surface area contributed by atoms with Gasteiger partial charge in [-0.15, -0.1) is 10.2 Å². The molecule has 7 nitrogen and oxygen atoms in total. The number of nitrogens with zero attached hydrogens (tertiary/aromatic N) is 4. The molecule has 0 spiro atoms. The number of carbonyl (C=O) groups excluding carboxylic acids is 1. The van der Waals surface area contributed by atoms with E-state index in [9.17, 15) is 4.79 Å². The molecule has 28 heavy (non-hydrogen) atoms. The van der Waals surface area contributed by atoms with Crippen molar-refractivity contribution in [2.24, 2.45) is 5.92 Å². The van der Waals surface area contributed by atoms with E-state index in [4.69, 9.17) is 4.74 Å². The zero-order chi connectivity index (χ0) is 19.3. The molecule has 148 valence electrons. The maximum atomic E-state index is 12.8. The summed E-state index contributed by atoms with van der Waals surface area (Å²) in [6.07, 6.45) is 2.37. The van der Waals surface area contributed by atoms with Crippen LogP contribution in [0.1, 0.15) is 31.4 Å². The molecule has 1 unspecified atom stereocenters. The highest BCUT2D eigenvalue weighted by Gasteiger charge is 2.34. The van der Waals surface area contributed by atoms with Crippen molar-refractivity contribution in [3.05, 3.63) is 48.0 Å². The van der Waals surface area contributed by atoms with Crippen LogP contribution in [0.4, 0.5) is 10.6 Å². The summed E-state index contributed by atoms with van der Waals surface area (Å²) in [6.45, 7) is 5.34. The lowest BCUT2D eigenvalue weighted by Crippen LogP contribution is -2.52. The van der Waals surface area contributed by atoms with Gasteiger partial charge in [0.15, 0.2) is 5.82 Å². The summed E-state index contributed by atoms with van der Waals surface area (Å²) in [5.74, 6) is 1.92. The van der Waals surface area contributed by atoms with Gasteiger partial charge in [-0.25, -0.2) is 4.79 Å². The van der Waals surface area contributed by atoms with Gasteiger partial charge in [-0.05, 0) is 37.3 Å². The molecule has 0 radical (unpaired) electrons. The van der Waals surface area contributed by atoms with E-state index in [0.717, 1.165) is 18.9 Å². The number of amides is 2. The van der Waals surface area contributed by atoms with Crippen LogP contribution >= 0.6 is 0 Å². The van der Waals surface area contributed by atoms with E-state index in [2.05, 4.69) is 32.5 Å². The Hall–Kier alpha value is -2.83. The number of carbonyl (C=O) groups is 1. The van der Waals surface area contributed by atoms with E-state index >= 15 is 0 Å². The molecule has 2 amide bonds. The number of ether oxygens (including phenoxy) is 1. The van der Waals surface area contributed by atoms with E-state index in [0.29, 0.717) is 31.5 Å². The number of benzene rings is 1. The SMILES string of the molecule is CCOc1ccc(N2CCN(C(=O)NC(c3ccccc3)C3CC3)CC2)nn1. The van der Waals surface area contributed by atoms with E-state index in [1.807, 2.05) is 42.2 Å². The predicted octanol–water partition coefficient (Wildman–Crippen LogP) is 2.86. The Balaban J connectivity index is 1.32. The van der Waals surface area contributed by atoms with E-state index in [1.165, 1.54) is 18.4 Å².